The van der Waals surface area contributed by atoms with Crippen molar-refractivity contribution in [1.29, 1.82) is 0 Å². The second-order valence-electron chi connectivity index (χ2n) is 8.79. The molecule has 0 bridgehead atoms. The summed E-state index contributed by atoms with van der Waals surface area (Å²) in [5, 5.41) is 5.71. The number of methoxy groups -OCH3 is 1. The lowest BCUT2D eigenvalue weighted by Crippen LogP contribution is -2.33. The molecule has 0 saturated carbocycles. The van der Waals surface area contributed by atoms with Crippen LogP contribution in [0.15, 0.2) is 35.2 Å². The summed E-state index contributed by atoms with van der Waals surface area (Å²) in [6, 6.07) is 8.12. The van der Waals surface area contributed by atoms with Gasteiger partial charge in [0.15, 0.2) is 0 Å². The predicted octanol–water partition coefficient (Wildman–Crippen LogP) is 2.38. The summed E-state index contributed by atoms with van der Waals surface area (Å²) in [5.41, 5.74) is 2.21. The number of anilines is 1. The number of nitrogens with zero attached hydrogens (tertiary/aromatic N) is 2. The molecule has 2 rings (SSSR count). The average molecular weight is 525 g/mol. The molecule has 2 aromatic carbocycles. The molecule has 9 nitrogen and oxygen atoms in total. The van der Waals surface area contributed by atoms with Crippen LogP contribution in [0.5, 0.6) is 5.75 Å². The first-order valence-corrected chi connectivity index (χ1v) is 13.0. The Balaban J connectivity index is 1.78. The number of carbonyl (C=O) groups excluding carboxylic acids is 1. The van der Waals surface area contributed by atoms with Gasteiger partial charge < -0.3 is 25.0 Å². The smallest absolute Gasteiger partial charge is 0.246 e. The van der Waals surface area contributed by atoms with Gasteiger partial charge >= 0.3 is 0 Å². The van der Waals surface area contributed by atoms with Crippen LogP contribution in [0.1, 0.15) is 16.7 Å². The van der Waals surface area contributed by atoms with Crippen LogP contribution < -0.4 is 15.4 Å². The molecule has 2 aromatic rings. The van der Waals surface area contributed by atoms with Crippen LogP contribution in [0.3, 0.4) is 0 Å². The van der Waals surface area contributed by atoms with Crippen molar-refractivity contribution in [3.05, 3.63) is 52.8 Å². The number of benzene rings is 2. The standard InChI is InChI=1S/C25H37FN4O5S/c1-18-13-21(34-6)14-19(2)25(18)36(32,33)30(5)11-12-35-17-24(31)28-16-20-7-8-23(22(26)15-20)27-9-10-29(3)4/h7-8,13-15,27H,9-12,16-17H2,1-6H3,(H,28,31). The highest BCUT2D eigenvalue weighted by Crippen LogP contribution is 2.27. The summed E-state index contributed by atoms with van der Waals surface area (Å²) >= 11 is 0. The summed E-state index contributed by atoms with van der Waals surface area (Å²) < 4.78 is 52.0. The molecule has 1 amide bonds. The first kappa shape index (κ1) is 29.5. The number of aryl methyl sites for hydroxylation is 2. The topological polar surface area (TPSA) is 100 Å². The molecule has 0 aliphatic carbocycles. The van der Waals surface area contributed by atoms with Crippen LogP contribution in [0.25, 0.3) is 0 Å². The molecule has 0 radical (unpaired) electrons. The molecule has 2 N–H and O–H groups in total. The summed E-state index contributed by atoms with van der Waals surface area (Å²) in [6.45, 7) is 4.87. The van der Waals surface area contributed by atoms with Gasteiger partial charge in [-0.05, 0) is 68.9 Å². The number of carbonyl (C=O) groups is 1. The number of hydrogen-bond acceptors (Lipinski definition) is 7. The number of likely N-dealkylation sites (N-methyl/N-ethyl adjacent to an activating group) is 2. The number of hydrogen-bond donors (Lipinski definition) is 2. The minimum absolute atomic E-state index is 0.0410. The zero-order valence-electron chi connectivity index (χ0n) is 21.9. The maximum atomic E-state index is 14.3. The monoisotopic (exact) mass is 524 g/mol. The van der Waals surface area contributed by atoms with Crippen molar-refractivity contribution in [1.82, 2.24) is 14.5 Å². The van der Waals surface area contributed by atoms with Crippen LogP contribution in [0, 0.1) is 19.7 Å². The van der Waals surface area contributed by atoms with E-state index in [-0.39, 0.29) is 42.9 Å². The van der Waals surface area contributed by atoms with Crippen molar-refractivity contribution < 1.29 is 27.1 Å². The lowest BCUT2D eigenvalue weighted by atomic mass is 10.1. The quantitative estimate of drug-likeness (QED) is 0.366. The van der Waals surface area contributed by atoms with Crippen LogP contribution in [-0.4, -0.2) is 84.6 Å². The number of amides is 1. The van der Waals surface area contributed by atoms with Gasteiger partial charge in [0.05, 0.1) is 24.3 Å². The zero-order chi connectivity index (χ0) is 26.9. The summed E-state index contributed by atoms with van der Waals surface area (Å²) in [5.74, 6) is -0.171. The highest BCUT2D eigenvalue weighted by atomic mass is 32.2. The Labute approximate surface area is 213 Å². The Hall–Kier alpha value is -2.73. The first-order valence-electron chi connectivity index (χ1n) is 11.6. The molecule has 0 aliphatic heterocycles. The van der Waals surface area contributed by atoms with Crippen molar-refractivity contribution in [2.45, 2.75) is 25.3 Å². The van der Waals surface area contributed by atoms with Crippen LogP contribution in [-0.2, 0) is 26.1 Å². The molecule has 11 heteroatoms. The number of sulfonamides is 1. The molecule has 0 fully saturated rings. The molecule has 0 aromatic heterocycles. The SMILES string of the molecule is COc1cc(C)c(S(=O)(=O)N(C)CCOCC(=O)NCc2ccc(NCCN(C)C)c(F)c2)c(C)c1. The third kappa shape index (κ3) is 8.44. The van der Waals surface area contributed by atoms with Gasteiger partial charge in [-0.25, -0.2) is 12.8 Å². The van der Waals surface area contributed by atoms with E-state index in [0.29, 0.717) is 34.7 Å². The van der Waals surface area contributed by atoms with Crippen LogP contribution in [0.4, 0.5) is 10.1 Å². The van der Waals surface area contributed by atoms with Crippen LogP contribution in [0.2, 0.25) is 0 Å². The second kappa shape index (κ2) is 13.5. The van der Waals surface area contributed by atoms with E-state index < -0.39 is 10.0 Å². The van der Waals surface area contributed by atoms with Gasteiger partial charge in [-0.1, -0.05) is 6.07 Å². The van der Waals surface area contributed by atoms with Crippen molar-refractivity contribution in [2.75, 3.05) is 66.4 Å². The van der Waals surface area contributed by atoms with E-state index in [0.717, 1.165) is 6.54 Å². The third-order valence-electron chi connectivity index (χ3n) is 5.52. The molecule has 0 unspecified atom stereocenters. The molecule has 200 valence electrons. The molecule has 0 atom stereocenters. The Morgan fingerprint density at radius 2 is 1.72 bits per heavy atom. The van der Waals surface area contributed by atoms with Gasteiger partial charge in [0.1, 0.15) is 18.2 Å². The maximum absolute atomic E-state index is 14.3. The molecule has 0 saturated heterocycles. The molecule has 0 spiro atoms. The Kier molecular flexibility index (Phi) is 11.1. The summed E-state index contributed by atoms with van der Waals surface area (Å²) in [7, 11) is 3.15. The van der Waals surface area contributed by atoms with Gasteiger partial charge in [0.25, 0.3) is 0 Å². The fraction of sp³-hybridized carbons (Fsp3) is 0.480. The van der Waals surface area contributed by atoms with E-state index in [2.05, 4.69) is 10.6 Å². The zero-order valence-corrected chi connectivity index (χ0v) is 22.7. The molecular formula is C25H37FN4O5S. The van der Waals surface area contributed by atoms with Crippen molar-refractivity contribution in [3.63, 3.8) is 0 Å². The van der Waals surface area contributed by atoms with Crippen molar-refractivity contribution >= 4 is 21.6 Å². The molecule has 36 heavy (non-hydrogen) atoms. The minimum Gasteiger partial charge on any atom is -0.497 e. The minimum atomic E-state index is -3.74. The van der Waals surface area contributed by atoms with E-state index in [9.17, 15) is 17.6 Å². The lowest BCUT2D eigenvalue weighted by Gasteiger charge is -2.20. The second-order valence-corrected chi connectivity index (χ2v) is 10.8. The molecular weight excluding hydrogens is 487 g/mol. The Morgan fingerprint density at radius 3 is 2.31 bits per heavy atom. The predicted molar refractivity (Wildman–Crippen MR) is 138 cm³/mol. The fourth-order valence-corrected chi connectivity index (χ4v) is 5.11. The highest BCUT2D eigenvalue weighted by Gasteiger charge is 2.25. The van der Waals surface area contributed by atoms with Crippen molar-refractivity contribution in [3.8, 4) is 5.75 Å². The maximum Gasteiger partial charge on any atom is 0.246 e. The van der Waals surface area contributed by atoms with Crippen molar-refractivity contribution in [2.24, 2.45) is 0 Å². The number of ether oxygens (including phenoxy) is 2. The normalized spacial score (nSPS) is 11.7. The van der Waals surface area contributed by atoms with E-state index in [4.69, 9.17) is 9.47 Å². The average Bonchev–Trinajstić information content (AvgIpc) is 2.80. The van der Waals surface area contributed by atoms with Gasteiger partial charge in [0, 0.05) is 33.2 Å². The number of halogens is 1. The van der Waals surface area contributed by atoms with E-state index in [1.54, 1.807) is 38.1 Å². The number of nitrogens with one attached hydrogen (secondary N) is 2. The summed E-state index contributed by atoms with van der Waals surface area (Å²) in [6.07, 6.45) is 0. The van der Waals surface area contributed by atoms with E-state index >= 15 is 0 Å². The van der Waals surface area contributed by atoms with E-state index in [1.165, 1.54) is 24.5 Å². The number of rotatable bonds is 14. The molecule has 0 heterocycles. The third-order valence-corrected chi connectivity index (χ3v) is 7.68. The van der Waals surface area contributed by atoms with E-state index in [1.807, 2.05) is 19.0 Å². The Morgan fingerprint density at radius 1 is 1.06 bits per heavy atom. The molecule has 0 aliphatic rings. The van der Waals surface area contributed by atoms with Gasteiger partial charge in [-0.3, -0.25) is 4.79 Å². The highest BCUT2D eigenvalue weighted by molar-refractivity contribution is 7.89. The van der Waals surface area contributed by atoms with Gasteiger partial charge in [-0.2, -0.15) is 4.31 Å². The first-order chi connectivity index (χ1) is 16.9. The van der Waals surface area contributed by atoms with Crippen LogP contribution >= 0.6 is 0 Å². The largest absolute Gasteiger partial charge is 0.497 e. The lowest BCUT2D eigenvalue weighted by molar-refractivity contribution is -0.125. The fourth-order valence-electron chi connectivity index (χ4n) is 3.55. The van der Waals surface area contributed by atoms with Gasteiger partial charge in [0.2, 0.25) is 15.9 Å². The Bertz CT molecular complexity index is 1120. The summed E-state index contributed by atoms with van der Waals surface area (Å²) in [4.78, 5) is 14.3. The van der Waals surface area contributed by atoms with Gasteiger partial charge in [-0.15, -0.1) is 0 Å².